The van der Waals surface area contributed by atoms with Crippen molar-refractivity contribution in [1.82, 2.24) is 19.6 Å². The number of hydrogen-bond donors (Lipinski definition) is 1. The predicted molar refractivity (Wildman–Crippen MR) is 101 cm³/mol. The molecular weight excluding hydrogens is 324 g/mol. The van der Waals surface area contributed by atoms with Crippen LogP contribution in [-0.4, -0.2) is 56.4 Å². The van der Waals surface area contributed by atoms with Crippen molar-refractivity contribution in [2.45, 2.75) is 44.3 Å². The van der Waals surface area contributed by atoms with Crippen molar-refractivity contribution in [2.75, 3.05) is 19.6 Å². The third kappa shape index (κ3) is 2.48. The van der Waals surface area contributed by atoms with Crippen molar-refractivity contribution in [3.05, 3.63) is 47.3 Å². The van der Waals surface area contributed by atoms with Crippen LogP contribution in [0, 0.1) is 12.8 Å². The zero-order valence-corrected chi connectivity index (χ0v) is 15.7. The minimum atomic E-state index is 0.386. The lowest BCUT2D eigenvalue weighted by atomic mass is 9.75. The molecule has 1 aromatic heterocycles. The summed E-state index contributed by atoms with van der Waals surface area (Å²) in [6, 6.07) is 9.16. The maximum atomic E-state index is 10.0. The van der Waals surface area contributed by atoms with E-state index in [0.717, 1.165) is 19.0 Å². The molecule has 4 fully saturated rings. The maximum absolute atomic E-state index is 10.0. The Bertz CT molecular complexity index is 808. The van der Waals surface area contributed by atoms with Crippen LogP contribution in [0.2, 0.25) is 0 Å². The average molecular weight is 352 g/mol. The van der Waals surface area contributed by atoms with E-state index in [1.165, 1.54) is 42.8 Å². The van der Waals surface area contributed by atoms with Gasteiger partial charge in [-0.3, -0.25) is 14.5 Å². The molecule has 0 radical (unpaired) electrons. The van der Waals surface area contributed by atoms with Gasteiger partial charge in [0.15, 0.2) is 0 Å². The summed E-state index contributed by atoms with van der Waals surface area (Å²) >= 11 is 0. The molecule has 2 bridgehead atoms. The summed E-state index contributed by atoms with van der Waals surface area (Å²) < 4.78 is 1.98. The predicted octanol–water partition coefficient (Wildman–Crippen LogP) is 2.50. The molecule has 4 aliphatic rings. The van der Waals surface area contributed by atoms with E-state index in [4.69, 9.17) is 0 Å². The number of hydrogen-bond acceptors (Lipinski definition) is 4. The largest absolute Gasteiger partial charge is 0.508 e. The van der Waals surface area contributed by atoms with Gasteiger partial charge < -0.3 is 5.11 Å². The van der Waals surface area contributed by atoms with Crippen LogP contribution in [0.15, 0.2) is 30.5 Å². The number of aromatic nitrogens is 2. The highest BCUT2D eigenvalue weighted by Gasteiger charge is 2.53. The summed E-state index contributed by atoms with van der Waals surface area (Å²) in [6.45, 7) is 6.70. The third-order valence-corrected chi connectivity index (χ3v) is 7.10. The number of piperidine rings is 3. The second-order valence-corrected chi connectivity index (χ2v) is 8.36. The summed E-state index contributed by atoms with van der Waals surface area (Å²) in [6.07, 6.45) is 4.69. The van der Waals surface area contributed by atoms with E-state index in [9.17, 15) is 5.11 Å². The van der Waals surface area contributed by atoms with Crippen LogP contribution in [0.3, 0.4) is 0 Å². The number of aromatic hydroxyl groups is 1. The van der Waals surface area contributed by atoms with Gasteiger partial charge in [0.2, 0.25) is 0 Å². The zero-order chi connectivity index (χ0) is 17.8. The number of benzene rings is 1. The number of nitrogens with zero attached hydrogens (tertiary/aromatic N) is 4. The first kappa shape index (κ1) is 16.3. The van der Waals surface area contributed by atoms with E-state index in [1.54, 1.807) is 6.07 Å². The third-order valence-electron chi connectivity index (χ3n) is 7.10. The van der Waals surface area contributed by atoms with Crippen LogP contribution in [0.25, 0.3) is 0 Å². The molecule has 1 aromatic carbocycles. The fraction of sp³-hybridized carbons (Fsp3) is 0.571. The van der Waals surface area contributed by atoms with Crippen LogP contribution < -0.4 is 0 Å². The topological polar surface area (TPSA) is 44.5 Å². The Balaban J connectivity index is 1.49. The van der Waals surface area contributed by atoms with Crippen molar-refractivity contribution in [1.29, 1.82) is 0 Å². The molecule has 2 aromatic rings. The number of phenols is 1. The first-order valence-electron chi connectivity index (χ1n) is 9.86. The van der Waals surface area contributed by atoms with Gasteiger partial charge in [-0.05, 0) is 56.5 Å². The van der Waals surface area contributed by atoms with Gasteiger partial charge in [-0.2, -0.15) is 5.10 Å². The summed E-state index contributed by atoms with van der Waals surface area (Å²) in [7, 11) is 2.02. The molecule has 0 unspecified atom stereocenters. The Hall–Kier alpha value is -1.85. The van der Waals surface area contributed by atoms with Crippen molar-refractivity contribution in [3.63, 3.8) is 0 Å². The second-order valence-electron chi connectivity index (χ2n) is 8.36. The molecule has 0 amide bonds. The summed E-state index contributed by atoms with van der Waals surface area (Å²) in [5.74, 6) is 1.67. The van der Waals surface area contributed by atoms with Gasteiger partial charge in [-0.1, -0.05) is 12.1 Å². The number of rotatable bonds is 3. The minimum Gasteiger partial charge on any atom is -0.508 e. The molecule has 1 N–H and O–H groups in total. The Morgan fingerprint density at radius 1 is 1.19 bits per heavy atom. The number of fused-ring (bicyclic) bond motifs is 2. The number of aryl methyl sites for hydroxylation is 1. The van der Waals surface area contributed by atoms with Crippen LogP contribution in [-0.2, 0) is 13.6 Å². The maximum Gasteiger partial charge on any atom is 0.115 e. The lowest BCUT2D eigenvalue weighted by Crippen LogP contribution is -2.59. The van der Waals surface area contributed by atoms with Gasteiger partial charge in [0, 0.05) is 49.4 Å². The molecule has 3 atom stereocenters. The van der Waals surface area contributed by atoms with Crippen molar-refractivity contribution < 1.29 is 5.11 Å². The van der Waals surface area contributed by atoms with Crippen molar-refractivity contribution in [3.8, 4) is 5.75 Å². The van der Waals surface area contributed by atoms with Crippen LogP contribution in [0.4, 0.5) is 0 Å². The van der Waals surface area contributed by atoms with E-state index < -0.39 is 0 Å². The van der Waals surface area contributed by atoms with Crippen molar-refractivity contribution in [2.24, 2.45) is 13.0 Å². The van der Waals surface area contributed by atoms with Gasteiger partial charge in [0.1, 0.15) is 5.75 Å². The molecule has 5 heterocycles. The first-order chi connectivity index (χ1) is 12.6. The van der Waals surface area contributed by atoms with E-state index in [-0.39, 0.29) is 0 Å². The number of likely N-dealkylation sites (tertiary alicyclic amines) is 1. The smallest absolute Gasteiger partial charge is 0.115 e. The zero-order valence-electron chi connectivity index (χ0n) is 15.7. The molecule has 0 aliphatic carbocycles. The molecule has 6 rings (SSSR count). The Kier molecular flexibility index (Phi) is 3.83. The second kappa shape index (κ2) is 6.10. The highest BCUT2D eigenvalue weighted by atomic mass is 16.3. The first-order valence-corrected chi connectivity index (χ1v) is 9.86. The molecular formula is C21H28N4O. The average Bonchev–Trinajstić information content (AvgIpc) is 3.20. The SMILES string of the molecule is Cc1c(CN2C[C@H](c3cccc(O)c3)[C@H]3[C@@H]2C2CCN3CC2)cnn1C. The monoisotopic (exact) mass is 352 g/mol. The summed E-state index contributed by atoms with van der Waals surface area (Å²) in [5, 5.41) is 14.4. The van der Waals surface area contributed by atoms with Crippen LogP contribution in [0.1, 0.15) is 35.6 Å². The quantitative estimate of drug-likeness (QED) is 0.922. The molecule has 0 saturated carbocycles. The van der Waals surface area contributed by atoms with Gasteiger partial charge in [0.25, 0.3) is 0 Å². The van der Waals surface area contributed by atoms with Crippen LogP contribution in [0.5, 0.6) is 5.75 Å². The number of phenolic OH excluding ortho intramolecular Hbond substituents is 1. The van der Waals surface area contributed by atoms with Crippen molar-refractivity contribution >= 4 is 0 Å². The standard InChI is InChI=1S/C21H28N4O/c1-14-17(11-22-23(14)2)12-25-13-19(16-4-3-5-18(26)10-16)21-20(25)15-6-8-24(21)9-7-15/h3-5,10-11,15,19-21,26H,6-9,12-13H2,1-2H3/t19-,20+,21+/m1/s1. The summed E-state index contributed by atoms with van der Waals surface area (Å²) in [4.78, 5) is 5.43. The molecule has 4 saturated heterocycles. The van der Waals surface area contributed by atoms with Gasteiger partial charge in [-0.15, -0.1) is 0 Å². The van der Waals surface area contributed by atoms with Gasteiger partial charge in [0.05, 0.1) is 6.20 Å². The Morgan fingerprint density at radius 3 is 2.69 bits per heavy atom. The van der Waals surface area contributed by atoms with Gasteiger partial charge in [-0.25, -0.2) is 0 Å². The van der Waals surface area contributed by atoms with Crippen LogP contribution >= 0.6 is 0 Å². The van der Waals surface area contributed by atoms with Gasteiger partial charge >= 0.3 is 0 Å². The molecule has 5 heteroatoms. The highest BCUT2D eigenvalue weighted by molar-refractivity contribution is 5.33. The lowest BCUT2D eigenvalue weighted by molar-refractivity contribution is -0.00874. The molecule has 4 aliphatic heterocycles. The molecule has 138 valence electrons. The van der Waals surface area contributed by atoms with E-state index in [2.05, 4.69) is 27.9 Å². The molecule has 26 heavy (non-hydrogen) atoms. The minimum absolute atomic E-state index is 0.386. The Labute approximate surface area is 155 Å². The highest BCUT2D eigenvalue weighted by Crippen LogP contribution is 2.47. The van der Waals surface area contributed by atoms with E-state index in [1.807, 2.05) is 30.1 Å². The van der Waals surface area contributed by atoms with E-state index in [0.29, 0.717) is 23.8 Å². The fourth-order valence-electron chi connectivity index (χ4n) is 5.69. The normalized spacial score (nSPS) is 33.5. The molecule has 5 nitrogen and oxygen atoms in total. The fourth-order valence-corrected chi connectivity index (χ4v) is 5.69. The molecule has 0 spiro atoms. The van der Waals surface area contributed by atoms with E-state index >= 15 is 0 Å². The Morgan fingerprint density at radius 2 is 2.00 bits per heavy atom. The summed E-state index contributed by atoms with van der Waals surface area (Å²) in [5.41, 5.74) is 3.90. The lowest BCUT2D eigenvalue weighted by Gasteiger charge is -2.51.